The summed E-state index contributed by atoms with van der Waals surface area (Å²) in [5, 5.41) is 16.3. The van der Waals surface area contributed by atoms with Crippen LogP contribution in [0.1, 0.15) is 16.8 Å². The predicted octanol–water partition coefficient (Wildman–Crippen LogP) is 1.67. The molecule has 2 aromatic rings. The molecule has 3 rings (SSSR count). The Kier molecular flexibility index (Phi) is 1.86. The largest absolute Gasteiger partial charge is 0.390 e. The molecule has 0 spiro atoms. The molecular weight excluding hydrogens is 188 g/mol. The van der Waals surface area contributed by atoms with Crippen molar-refractivity contribution in [2.75, 3.05) is 0 Å². The third-order valence-electron chi connectivity index (χ3n) is 3.03. The molecule has 76 valence electrons. The van der Waals surface area contributed by atoms with E-state index >= 15 is 0 Å². The lowest BCUT2D eigenvalue weighted by Crippen LogP contribution is -2.04. The first-order valence-corrected chi connectivity index (χ1v) is 5.15. The zero-order valence-corrected chi connectivity index (χ0v) is 8.33. The number of aliphatic hydroxyl groups is 1. The van der Waals surface area contributed by atoms with Gasteiger partial charge in [-0.3, -0.25) is 5.10 Å². The highest BCUT2D eigenvalue weighted by Gasteiger charge is 2.20. The summed E-state index contributed by atoms with van der Waals surface area (Å²) < 4.78 is 0. The van der Waals surface area contributed by atoms with E-state index in [2.05, 4.69) is 28.4 Å². The molecule has 3 heteroatoms. The average molecular weight is 200 g/mol. The molecule has 0 unspecified atom stereocenters. The van der Waals surface area contributed by atoms with Crippen molar-refractivity contribution in [2.45, 2.75) is 19.4 Å². The molecule has 1 aliphatic carbocycles. The van der Waals surface area contributed by atoms with Gasteiger partial charge in [-0.05, 0) is 18.4 Å². The maximum atomic E-state index is 9.16. The monoisotopic (exact) mass is 200 g/mol. The van der Waals surface area contributed by atoms with Crippen LogP contribution in [-0.4, -0.2) is 15.3 Å². The Hall–Kier alpha value is -1.61. The number of H-pyrrole nitrogens is 1. The summed E-state index contributed by atoms with van der Waals surface area (Å²) in [6.07, 6.45) is 2.01. The number of aryl methyl sites for hydroxylation is 1. The van der Waals surface area contributed by atoms with Crippen LogP contribution in [0.3, 0.4) is 0 Å². The number of benzene rings is 1. The van der Waals surface area contributed by atoms with E-state index in [4.69, 9.17) is 5.11 Å². The number of fused-ring (bicyclic) bond motifs is 3. The summed E-state index contributed by atoms with van der Waals surface area (Å²) in [6.45, 7) is 0.0461. The van der Waals surface area contributed by atoms with E-state index in [1.54, 1.807) is 0 Å². The van der Waals surface area contributed by atoms with Crippen LogP contribution in [0.2, 0.25) is 0 Å². The Morgan fingerprint density at radius 1 is 1.27 bits per heavy atom. The summed E-state index contributed by atoms with van der Waals surface area (Å²) in [4.78, 5) is 0. The van der Waals surface area contributed by atoms with Crippen LogP contribution in [0.4, 0.5) is 0 Å². The number of rotatable bonds is 1. The molecule has 1 aromatic carbocycles. The number of hydrogen-bond donors (Lipinski definition) is 2. The topological polar surface area (TPSA) is 48.9 Å². The second-order valence-electron chi connectivity index (χ2n) is 3.84. The molecule has 1 heterocycles. The van der Waals surface area contributed by atoms with Crippen LogP contribution in [-0.2, 0) is 19.4 Å². The van der Waals surface area contributed by atoms with Gasteiger partial charge >= 0.3 is 0 Å². The molecule has 3 nitrogen and oxygen atoms in total. The lowest BCUT2D eigenvalue weighted by Gasteiger charge is -2.15. The van der Waals surface area contributed by atoms with Crippen molar-refractivity contribution >= 4 is 0 Å². The van der Waals surface area contributed by atoms with Crippen molar-refractivity contribution in [3.63, 3.8) is 0 Å². The van der Waals surface area contributed by atoms with Crippen molar-refractivity contribution in [1.29, 1.82) is 0 Å². The number of nitrogens with one attached hydrogen (secondary N) is 1. The van der Waals surface area contributed by atoms with E-state index in [0.29, 0.717) is 0 Å². The van der Waals surface area contributed by atoms with Gasteiger partial charge in [0.15, 0.2) is 0 Å². The van der Waals surface area contributed by atoms with Crippen LogP contribution >= 0.6 is 0 Å². The molecule has 0 saturated heterocycles. The Labute approximate surface area is 87.8 Å². The summed E-state index contributed by atoms with van der Waals surface area (Å²) in [7, 11) is 0. The van der Waals surface area contributed by atoms with E-state index < -0.39 is 0 Å². The molecule has 0 fully saturated rings. The van der Waals surface area contributed by atoms with E-state index in [-0.39, 0.29) is 6.61 Å². The summed E-state index contributed by atoms with van der Waals surface area (Å²) in [5.41, 5.74) is 5.60. The highest BCUT2D eigenvalue weighted by atomic mass is 16.3. The molecule has 1 aromatic heterocycles. The SMILES string of the molecule is OCc1[nH]nc2c1CCc1ccccc1-2. The maximum Gasteiger partial charge on any atom is 0.0959 e. The number of nitrogens with zero attached hydrogens (tertiary/aromatic N) is 1. The molecule has 0 amide bonds. The van der Waals surface area contributed by atoms with Crippen LogP contribution in [0.5, 0.6) is 0 Å². The van der Waals surface area contributed by atoms with Gasteiger partial charge in [-0.25, -0.2) is 0 Å². The second kappa shape index (κ2) is 3.21. The Balaban J connectivity index is 2.22. The van der Waals surface area contributed by atoms with Crippen molar-refractivity contribution in [2.24, 2.45) is 0 Å². The van der Waals surface area contributed by atoms with Gasteiger partial charge in [0, 0.05) is 11.1 Å². The normalized spacial score (nSPS) is 13.4. The van der Waals surface area contributed by atoms with Gasteiger partial charge in [-0.15, -0.1) is 0 Å². The molecular formula is C12H12N2O. The lowest BCUT2D eigenvalue weighted by molar-refractivity contribution is 0.275. The summed E-state index contributed by atoms with van der Waals surface area (Å²) in [5.74, 6) is 0. The highest BCUT2D eigenvalue weighted by molar-refractivity contribution is 5.70. The van der Waals surface area contributed by atoms with Crippen molar-refractivity contribution in [3.8, 4) is 11.3 Å². The van der Waals surface area contributed by atoms with E-state index in [1.165, 1.54) is 16.7 Å². The average Bonchev–Trinajstić information content (AvgIpc) is 2.72. The first-order valence-electron chi connectivity index (χ1n) is 5.15. The molecule has 0 radical (unpaired) electrons. The van der Waals surface area contributed by atoms with Crippen LogP contribution < -0.4 is 0 Å². The molecule has 0 bridgehead atoms. The summed E-state index contributed by atoms with van der Waals surface area (Å²) >= 11 is 0. The number of aromatic amines is 1. The lowest BCUT2D eigenvalue weighted by atomic mass is 9.89. The van der Waals surface area contributed by atoms with Crippen LogP contribution in [0, 0.1) is 0 Å². The van der Waals surface area contributed by atoms with Crippen LogP contribution in [0.15, 0.2) is 24.3 Å². The molecule has 0 aliphatic heterocycles. The van der Waals surface area contributed by atoms with Gasteiger partial charge in [0.2, 0.25) is 0 Å². The Morgan fingerprint density at radius 3 is 3.00 bits per heavy atom. The number of aromatic nitrogens is 2. The summed E-state index contributed by atoms with van der Waals surface area (Å²) in [6, 6.07) is 8.32. The number of aliphatic hydroxyl groups excluding tert-OH is 1. The zero-order chi connectivity index (χ0) is 10.3. The molecule has 1 aliphatic rings. The molecule has 0 saturated carbocycles. The smallest absolute Gasteiger partial charge is 0.0959 e. The third-order valence-corrected chi connectivity index (χ3v) is 3.03. The fraction of sp³-hybridized carbons (Fsp3) is 0.250. The number of hydrogen-bond acceptors (Lipinski definition) is 2. The fourth-order valence-electron chi connectivity index (χ4n) is 2.25. The maximum absolute atomic E-state index is 9.16. The first kappa shape index (κ1) is 8.68. The van der Waals surface area contributed by atoms with Crippen LogP contribution in [0.25, 0.3) is 11.3 Å². The fourth-order valence-corrected chi connectivity index (χ4v) is 2.25. The Morgan fingerprint density at radius 2 is 2.13 bits per heavy atom. The van der Waals surface area contributed by atoms with Gasteiger partial charge in [-0.2, -0.15) is 5.10 Å². The van der Waals surface area contributed by atoms with Crippen molar-refractivity contribution < 1.29 is 5.11 Å². The third kappa shape index (κ3) is 1.20. The van der Waals surface area contributed by atoms with Gasteiger partial charge in [-0.1, -0.05) is 24.3 Å². The first-order chi connectivity index (χ1) is 7.40. The van der Waals surface area contributed by atoms with E-state index in [9.17, 15) is 0 Å². The standard InChI is InChI=1S/C12H12N2O/c15-7-11-10-6-5-8-3-1-2-4-9(8)12(10)14-13-11/h1-4,15H,5-7H2,(H,13,14). The minimum atomic E-state index is 0.0461. The Bertz CT molecular complexity index is 502. The van der Waals surface area contributed by atoms with Crippen molar-refractivity contribution in [3.05, 3.63) is 41.1 Å². The predicted molar refractivity (Wildman–Crippen MR) is 57.4 cm³/mol. The molecule has 15 heavy (non-hydrogen) atoms. The second-order valence-corrected chi connectivity index (χ2v) is 3.84. The van der Waals surface area contributed by atoms with E-state index in [0.717, 1.165) is 24.2 Å². The molecule has 2 N–H and O–H groups in total. The van der Waals surface area contributed by atoms with Gasteiger partial charge in [0.05, 0.1) is 18.0 Å². The van der Waals surface area contributed by atoms with Gasteiger partial charge in [0.1, 0.15) is 0 Å². The quantitative estimate of drug-likeness (QED) is 0.735. The zero-order valence-electron chi connectivity index (χ0n) is 8.33. The van der Waals surface area contributed by atoms with E-state index in [1.807, 2.05) is 6.07 Å². The van der Waals surface area contributed by atoms with Gasteiger partial charge in [0.25, 0.3) is 0 Å². The minimum absolute atomic E-state index is 0.0461. The minimum Gasteiger partial charge on any atom is -0.390 e. The van der Waals surface area contributed by atoms with Crippen molar-refractivity contribution in [1.82, 2.24) is 10.2 Å². The van der Waals surface area contributed by atoms with Gasteiger partial charge < -0.3 is 5.11 Å². The molecule has 0 atom stereocenters. The highest BCUT2D eigenvalue weighted by Crippen LogP contribution is 2.33.